The number of anilines is 1. The van der Waals surface area contributed by atoms with Gasteiger partial charge in [0.05, 0.1) is 11.9 Å². The highest BCUT2D eigenvalue weighted by atomic mass is 15.1. The van der Waals surface area contributed by atoms with Gasteiger partial charge in [0.2, 0.25) is 0 Å². The molecular weight excluding hydrogens is 224 g/mol. The minimum Gasteiger partial charge on any atom is -0.397 e. The molecule has 0 atom stereocenters. The smallest absolute Gasteiger partial charge is 0.0501 e. The molecule has 0 aliphatic heterocycles. The second-order valence-electron chi connectivity index (χ2n) is 4.43. The molecule has 2 N–H and O–H groups in total. The summed E-state index contributed by atoms with van der Waals surface area (Å²) in [6.45, 7) is 1.87. The van der Waals surface area contributed by atoms with Gasteiger partial charge < -0.3 is 10.6 Å². The minimum absolute atomic E-state index is 0.711. The number of likely N-dealkylation sites (N-methyl/N-ethyl adjacent to an activating group) is 1. The zero-order valence-electron chi connectivity index (χ0n) is 10.6. The van der Waals surface area contributed by atoms with E-state index in [1.807, 2.05) is 24.4 Å². The second kappa shape index (κ2) is 6.12. The van der Waals surface area contributed by atoms with Crippen LogP contribution in [0.3, 0.4) is 0 Å². The van der Waals surface area contributed by atoms with Gasteiger partial charge in [-0.15, -0.1) is 0 Å². The van der Waals surface area contributed by atoms with E-state index >= 15 is 0 Å². The van der Waals surface area contributed by atoms with Gasteiger partial charge in [-0.3, -0.25) is 9.97 Å². The zero-order valence-corrected chi connectivity index (χ0v) is 10.6. The molecule has 94 valence electrons. The maximum Gasteiger partial charge on any atom is 0.0501 e. The number of hydrogen-bond acceptors (Lipinski definition) is 4. The first kappa shape index (κ1) is 12.5. The van der Waals surface area contributed by atoms with Crippen molar-refractivity contribution in [2.24, 2.45) is 0 Å². The third-order valence-corrected chi connectivity index (χ3v) is 2.77. The first-order valence-corrected chi connectivity index (χ1v) is 6.02. The first-order valence-electron chi connectivity index (χ1n) is 6.02. The molecule has 2 aromatic rings. The lowest BCUT2D eigenvalue weighted by molar-refractivity contribution is 0.329. The van der Waals surface area contributed by atoms with Crippen LogP contribution in [0.25, 0.3) is 0 Å². The van der Waals surface area contributed by atoms with Crippen LogP contribution in [0.15, 0.2) is 42.9 Å². The van der Waals surface area contributed by atoms with Crippen LogP contribution >= 0.6 is 0 Å². The van der Waals surface area contributed by atoms with Gasteiger partial charge in [0.25, 0.3) is 0 Å². The van der Waals surface area contributed by atoms with Crippen LogP contribution < -0.4 is 5.73 Å². The Balaban J connectivity index is 1.81. The quantitative estimate of drug-likeness (QED) is 0.867. The molecule has 18 heavy (non-hydrogen) atoms. The van der Waals surface area contributed by atoms with E-state index in [0.29, 0.717) is 5.69 Å². The lowest BCUT2D eigenvalue weighted by Crippen LogP contribution is -2.21. The molecule has 0 aliphatic carbocycles. The number of pyridine rings is 2. The molecule has 0 aliphatic rings. The van der Waals surface area contributed by atoms with Crippen molar-refractivity contribution >= 4 is 5.69 Å². The fraction of sp³-hybridized carbons (Fsp3) is 0.286. The topological polar surface area (TPSA) is 55.0 Å². The Morgan fingerprint density at radius 1 is 1.22 bits per heavy atom. The Morgan fingerprint density at radius 2 is 2.11 bits per heavy atom. The predicted molar refractivity (Wildman–Crippen MR) is 72.9 cm³/mol. The number of nitrogens with two attached hydrogens (primary N) is 1. The molecular formula is C14H18N4. The second-order valence-corrected chi connectivity index (χ2v) is 4.43. The number of hydrogen-bond donors (Lipinski definition) is 1. The summed E-state index contributed by atoms with van der Waals surface area (Å²) in [5.41, 5.74) is 8.61. The van der Waals surface area contributed by atoms with Crippen LogP contribution in [0.1, 0.15) is 11.3 Å². The molecule has 0 aromatic carbocycles. The van der Waals surface area contributed by atoms with Crippen molar-refractivity contribution in [3.05, 3.63) is 54.1 Å². The van der Waals surface area contributed by atoms with Crippen molar-refractivity contribution in [1.29, 1.82) is 0 Å². The van der Waals surface area contributed by atoms with E-state index < -0.39 is 0 Å². The summed E-state index contributed by atoms with van der Waals surface area (Å²) in [4.78, 5) is 10.7. The summed E-state index contributed by atoms with van der Waals surface area (Å²) in [6.07, 6.45) is 6.33. The first-order chi connectivity index (χ1) is 8.74. The molecule has 0 saturated heterocycles. The molecule has 4 nitrogen and oxygen atoms in total. The van der Waals surface area contributed by atoms with Gasteiger partial charge in [-0.2, -0.15) is 0 Å². The zero-order chi connectivity index (χ0) is 12.8. The Bertz CT molecular complexity index is 467. The summed E-state index contributed by atoms with van der Waals surface area (Å²) >= 11 is 0. The van der Waals surface area contributed by atoms with Gasteiger partial charge in [-0.1, -0.05) is 6.07 Å². The molecule has 0 amide bonds. The number of rotatable bonds is 5. The van der Waals surface area contributed by atoms with Crippen molar-refractivity contribution in [3.63, 3.8) is 0 Å². The summed E-state index contributed by atoms with van der Waals surface area (Å²) < 4.78 is 0. The summed E-state index contributed by atoms with van der Waals surface area (Å²) in [7, 11) is 2.10. The number of aromatic nitrogens is 2. The Hall–Kier alpha value is -1.94. The Kier molecular flexibility index (Phi) is 4.25. The van der Waals surface area contributed by atoms with Gasteiger partial charge in [-0.05, 0) is 30.8 Å². The summed E-state index contributed by atoms with van der Waals surface area (Å²) in [5, 5.41) is 0. The molecule has 0 spiro atoms. The van der Waals surface area contributed by atoms with Crippen molar-refractivity contribution in [1.82, 2.24) is 14.9 Å². The lowest BCUT2D eigenvalue weighted by atomic mass is 10.2. The van der Waals surface area contributed by atoms with E-state index in [-0.39, 0.29) is 0 Å². The Morgan fingerprint density at radius 3 is 2.78 bits per heavy atom. The van der Waals surface area contributed by atoms with Crippen LogP contribution in [0, 0.1) is 0 Å². The average molecular weight is 242 g/mol. The largest absolute Gasteiger partial charge is 0.397 e. The summed E-state index contributed by atoms with van der Waals surface area (Å²) in [5.74, 6) is 0. The van der Waals surface area contributed by atoms with E-state index in [9.17, 15) is 0 Å². The van der Waals surface area contributed by atoms with Crippen LogP contribution in [-0.4, -0.2) is 28.5 Å². The molecule has 2 heterocycles. The van der Waals surface area contributed by atoms with Crippen LogP contribution in [-0.2, 0) is 13.0 Å². The minimum atomic E-state index is 0.711. The summed E-state index contributed by atoms with van der Waals surface area (Å²) in [6, 6.07) is 7.92. The molecule has 0 bridgehead atoms. The Labute approximate surface area is 107 Å². The van der Waals surface area contributed by atoms with Crippen LogP contribution in [0.2, 0.25) is 0 Å². The van der Waals surface area contributed by atoms with E-state index in [1.54, 1.807) is 12.4 Å². The van der Waals surface area contributed by atoms with E-state index in [4.69, 9.17) is 5.73 Å². The van der Waals surface area contributed by atoms with Gasteiger partial charge in [0.1, 0.15) is 0 Å². The van der Waals surface area contributed by atoms with Gasteiger partial charge in [0, 0.05) is 37.6 Å². The molecule has 0 radical (unpaired) electrons. The van der Waals surface area contributed by atoms with E-state index in [2.05, 4.69) is 28.0 Å². The normalized spacial score (nSPS) is 10.8. The highest BCUT2D eigenvalue weighted by Gasteiger charge is 2.01. The maximum atomic E-state index is 5.60. The third kappa shape index (κ3) is 3.82. The monoisotopic (exact) mass is 242 g/mol. The number of nitrogen functional groups attached to an aromatic ring is 1. The van der Waals surface area contributed by atoms with Gasteiger partial charge in [-0.25, -0.2) is 0 Å². The lowest BCUT2D eigenvalue weighted by Gasteiger charge is -2.16. The van der Waals surface area contributed by atoms with E-state index in [0.717, 1.165) is 25.2 Å². The number of nitrogens with zero attached hydrogens (tertiary/aromatic N) is 3. The van der Waals surface area contributed by atoms with Crippen LogP contribution in [0.4, 0.5) is 5.69 Å². The molecule has 0 unspecified atom stereocenters. The fourth-order valence-electron chi connectivity index (χ4n) is 1.77. The fourth-order valence-corrected chi connectivity index (χ4v) is 1.77. The maximum absolute atomic E-state index is 5.60. The molecule has 4 heteroatoms. The molecule has 2 rings (SSSR count). The average Bonchev–Trinajstić information content (AvgIpc) is 2.39. The standard InChI is InChI=1S/C14H18N4/c1-18(11-12-3-2-7-16-9-12)8-6-14-5-4-13(15)10-17-14/h2-5,7,9-10H,6,8,11,15H2,1H3. The molecule has 2 aromatic heterocycles. The van der Waals surface area contributed by atoms with Crippen molar-refractivity contribution in [3.8, 4) is 0 Å². The van der Waals surface area contributed by atoms with Crippen LogP contribution in [0.5, 0.6) is 0 Å². The molecule has 0 saturated carbocycles. The predicted octanol–water partition coefficient (Wildman–Crippen LogP) is 1.73. The van der Waals surface area contributed by atoms with Crippen molar-refractivity contribution in [2.75, 3.05) is 19.3 Å². The van der Waals surface area contributed by atoms with Crippen molar-refractivity contribution < 1.29 is 0 Å². The third-order valence-electron chi connectivity index (χ3n) is 2.77. The molecule has 0 fully saturated rings. The van der Waals surface area contributed by atoms with Crippen molar-refractivity contribution in [2.45, 2.75) is 13.0 Å². The SMILES string of the molecule is CN(CCc1ccc(N)cn1)Cc1cccnc1. The highest BCUT2D eigenvalue weighted by molar-refractivity contribution is 5.34. The van der Waals surface area contributed by atoms with E-state index in [1.165, 1.54) is 5.56 Å². The van der Waals surface area contributed by atoms with Gasteiger partial charge >= 0.3 is 0 Å². The van der Waals surface area contributed by atoms with Gasteiger partial charge in [0.15, 0.2) is 0 Å². The highest BCUT2D eigenvalue weighted by Crippen LogP contribution is 2.04.